The fraction of sp³-hybridized carbons (Fsp3) is 0.750. The largest absolute Gasteiger partial charge is 0.390 e. The molecule has 0 aliphatic heterocycles. The van der Waals surface area contributed by atoms with Gasteiger partial charge in [0.1, 0.15) is 0 Å². The minimum atomic E-state index is 0.0799. The van der Waals surface area contributed by atoms with E-state index in [9.17, 15) is 0 Å². The van der Waals surface area contributed by atoms with Crippen LogP contribution >= 0.6 is 0 Å². The molecule has 0 unspecified atom stereocenters. The molecule has 0 fully saturated rings. The van der Waals surface area contributed by atoms with Gasteiger partial charge >= 0.3 is 0 Å². The average molecular weight is 87.1 g/mol. The fourth-order valence-corrected chi connectivity index (χ4v) is 0.0707. The SMILES string of the molecule is CN=C(C)CO. The molecule has 0 atom stereocenters. The van der Waals surface area contributed by atoms with Gasteiger partial charge in [0.2, 0.25) is 0 Å². The van der Waals surface area contributed by atoms with Crippen molar-refractivity contribution in [2.45, 2.75) is 6.92 Å². The molecule has 6 heavy (non-hydrogen) atoms. The van der Waals surface area contributed by atoms with Crippen molar-refractivity contribution in [3.05, 3.63) is 0 Å². The number of aliphatic imine (C=N–C) groups is 1. The second kappa shape index (κ2) is 2.85. The van der Waals surface area contributed by atoms with E-state index >= 15 is 0 Å². The first-order chi connectivity index (χ1) is 2.81. The highest BCUT2D eigenvalue weighted by molar-refractivity contribution is 5.82. The lowest BCUT2D eigenvalue weighted by atomic mass is 10.5. The highest BCUT2D eigenvalue weighted by atomic mass is 16.3. The van der Waals surface area contributed by atoms with Crippen LogP contribution in [0, 0.1) is 0 Å². The smallest absolute Gasteiger partial charge is 0.0806 e. The Balaban J connectivity index is 3.22. The first-order valence-electron chi connectivity index (χ1n) is 1.84. The minimum Gasteiger partial charge on any atom is -0.390 e. The number of nitrogens with zero attached hydrogens (tertiary/aromatic N) is 1. The summed E-state index contributed by atoms with van der Waals surface area (Å²) in [5, 5.41) is 8.20. The molecule has 1 N–H and O–H groups in total. The normalized spacial score (nSPS) is 12.2. The topological polar surface area (TPSA) is 32.6 Å². The van der Waals surface area contributed by atoms with Gasteiger partial charge in [-0.15, -0.1) is 0 Å². The predicted molar refractivity (Wildman–Crippen MR) is 26.1 cm³/mol. The number of hydrogen-bond acceptors (Lipinski definition) is 2. The van der Waals surface area contributed by atoms with Crippen LogP contribution in [0.1, 0.15) is 6.92 Å². The maximum Gasteiger partial charge on any atom is 0.0806 e. The molecule has 2 nitrogen and oxygen atoms in total. The molecule has 36 valence electrons. The summed E-state index contributed by atoms with van der Waals surface area (Å²) < 4.78 is 0. The van der Waals surface area contributed by atoms with E-state index in [0.717, 1.165) is 5.71 Å². The number of rotatable bonds is 1. The lowest BCUT2D eigenvalue weighted by molar-refractivity contribution is 0.356. The summed E-state index contributed by atoms with van der Waals surface area (Å²) in [6.45, 7) is 1.86. The van der Waals surface area contributed by atoms with Crippen molar-refractivity contribution in [3.8, 4) is 0 Å². The lowest BCUT2D eigenvalue weighted by Gasteiger charge is -1.83. The van der Waals surface area contributed by atoms with Crippen LogP contribution in [0.2, 0.25) is 0 Å². The van der Waals surface area contributed by atoms with E-state index in [1.54, 1.807) is 14.0 Å². The Morgan fingerprint density at radius 1 is 1.83 bits per heavy atom. The van der Waals surface area contributed by atoms with Crippen LogP contribution in [0.3, 0.4) is 0 Å². The van der Waals surface area contributed by atoms with Crippen LogP contribution in [0.5, 0.6) is 0 Å². The summed E-state index contributed by atoms with van der Waals surface area (Å²) in [6, 6.07) is 0. The quantitative estimate of drug-likeness (QED) is 0.451. The van der Waals surface area contributed by atoms with E-state index < -0.39 is 0 Å². The molecule has 0 saturated heterocycles. The van der Waals surface area contributed by atoms with Crippen molar-refractivity contribution < 1.29 is 5.11 Å². The maximum absolute atomic E-state index is 8.20. The van der Waals surface area contributed by atoms with Gasteiger partial charge in [-0.25, -0.2) is 0 Å². The van der Waals surface area contributed by atoms with E-state index in [0.29, 0.717) is 0 Å². The maximum atomic E-state index is 8.20. The van der Waals surface area contributed by atoms with Crippen LogP contribution in [0.15, 0.2) is 4.99 Å². The monoisotopic (exact) mass is 87.1 g/mol. The zero-order valence-corrected chi connectivity index (χ0v) is 4.10. The summed E-state index contributed by atoms with van der Waals surface area (Å²) in [5.74, 6) is 0. The molecule has 0 aliphatic rings. The molecule has 0 radical (unpaired) electrons. The zero-order chi connectivity index (χ0) is 4.99. The van der Waals surface area contributed by atoms with E-state index in [1.807, 2.05) is 0 Å². The third-order valence-electron chi connectivity index (χ3n) is 0.611. The highest BCUT2D eigenvalue weighted by Gasteiger charge is 1.76. The number of hydrogen-bond donors (Lipinski definition) is 1. The van der Waals surface area contributed by atoms with E-state index in [2.05, 4.69) is 4.99 Å². The van der Waals surface area contributed by atoms with Crippen molar-refractivity contribution in [1.29, 1.82) is 0 Å². The summed E-state index contributed by atoms with van der Waals surface area (Å²) in [7, 11) is 1.66. The van der Waals surface area contributed by atoms with Crippen LogP contribution in [0.25, 0.3) is 0 Å². The summed E-state index contributed by atoms with van der Waals surface area (Å²) in [5.41, 5.74) is 0.773. The van der Waals surface area contributed by atoms with Crippen molar-refractivity contribution >= 4 is 5.71 Å². The molecule has 0 aromatic heterocycles. The lowest BCUT2D eigenvalue weighted by Crippen LogP contribution is -1.95. The van der Waals surface area contributed by atoms with E-state index in [1.165, 1.54) is 0 Å². The fourth-order valence-electron chi connectivity index (χ4n) is 0.0707. The average Bonchev–Trinajstić information content (AvgIpc) is 1.65. The van der Waals surface area contributed by atoms with Gasteiger partial charge in [-0.1, -0.05) is 0 Å². The van der Waals surface area contributed by atoms with E-state index in [-0.39, 0.29) is 6.61 Å². The molecule has 0 bridgehead atoms. The molecular weight excluding hydrogens is 78.0 g/mol. The number of aliphatic hydroxyl groups is 1. The van der Waals surface area contributed by atoms with Crippen molar-refractivity contribution in [3.63, 3.8) is 0 Å². The van der Waals surface area contributed by atoms with Gasteiger partial charge < -0.3 is 5.11 Å². The Morgan fingerprint density at radius 3 is 2.33 bits per heavy atom. The summed E-state index contributed by atoms with van der Waals surface area (Å²) in [6.07, 6.45) is 0. The van der Waals surface area contributed by atoms with Gasteiger partial charge in [-0.2, -0.15) is 0 Å². The molecule has 0 aliphatic carbocycles. The van der Waals surface area contributed by atoms with Crippen molar-refractivity contribution in [2.75, 3.05) is 13.7 Å². The second-order valence-corrected chi connectivity index (χ2v) is 1.12. The second-order valence-electron chi connectivity index (χ2n) is 1.12. The Hall–Kier alpha value is -0.370. The Bertz CT molecular complexity index is 58.6. The van der Waals surface area contributed by atoms with Gasteiger partial charge in [0.15, 0.2) is 0 Å². The van der Waals surface area contributed by atoms with Crippen LogP contribution < -0.4 is 0 Å². The first-order valence-corrected chi connectivity index (χ1v) is 1.84. The third kappa shape index (κ3) is 1.91. The molecule has 0 saturated carbocycles. The Kier molecular flexibility index (Phi) is 2.67. The van der Waals surface area contributed by atoms with E-state index in [4.69, 9.17) is 5.11 Å². The van der Waals surface area contributed by atoms with Gasteiger partial charge in [-0.05, 0) is 6.92 Å². The van der Waals surface area contributed by atoms with Gasteiger partial charge in [-0.3, -0.25) is 4.99 Å². The molecule has 0 aromatic rings. The zero-order valence-electron chi connectivity index (χ0n) is 4.10. The van der Waals surface area contributed by atoms with Crippen LogP contribution in [0.4, 0.5) is 0 Å². The molecule has 0 spiro atoms. The summed E-state index contributed by atoms with van der Waals surface area (Å²) >= 11 is 0. The van der Waals surface area contributed by atoms with Crippen LogP contribution in [-0.4, -0.2) is 24.5 Å². The van der Waals surface area contributed by atoms with Gasteiger partial charge in [0.25, 0.3) is 0 Å². The molecule has 2 heteroatoms. The van der Waals surface area contributed by atoms with Crippen LogP contribution in [-0.2, 0) is 0 Å². The summed E-state index contributed by atoms with van der Waals surface area (Å²) in [4.78, 5) is 3.67. The number of aliphatic hydroxyl groups excluding tert-OH is 1. The van der Waals surface area contributed by atoms with Gasteiger partial charge in [0, 0.05) is 12.8 Å². The van der Waals surface area contributed by atoms with Crippen molar-refractivity contribution in [1.82, 2.24) is 0 Å². The molecule has 0 aromatic carbocycles. The van der Waals surface area contributed by atoms with Crippen molar-refractivity contribution in [2.24, 2.45) is 4.99 Å². The molecule has 0 heterocycles. The minimum absolute atomic E-state index is 0.0799. The predicted octanol–water partition coefficient (Wildman–Crippen LogP) is 0.0694. The first kappa shape index (κ1) is 5.63. The van der Waals surface area contributed by atoms with Gasteiger partial charge in [0.05, 0.1) is 6.61 Å². The highest BCUT2D eigenvalue weighted by Crippen LogP contribution is 1.66. The Morgan fingerprint density at radius 2 is 2.33 bits per heavy atom. The molecular formula is C4H9NO. The Labute approximate surface area is 37.5 Å². The third-order valence-corrected chi connectivity index (χ3v) is 0.611. The molecule has 0 amide bonds. The standard InChI is InChI=1S/C4H9NO/c1-4(3-6)5-2/h6H,3H2,1-2H3. The molecule has 0 rings (SSSR count).